The number of ether oxygens (including phenoxy) is 1. The Bertz CT molecular complexity index is 334. The fraction of sp³-hybridized carbons (Fsp3) is 0.364. The average molecular weight is 193 g/mol. The first-order chi connectivity index (χ1) is 6.69. The monoisotopic (exact) mass is 193 g/mol. The predicted molar refractivity (Wildman–Crippen MR) is 55.3 cm³/mol. The van der Waals surface area contributed by atoms with Crippen molar-refractivity contribution in [2.45, 2.75) is 20.5 Å². The molecule has 14 heavy (non-hydrogen) atoms. The maximum atomic E-state index is 9.14. The first-order valence-electron chi connectivity index (χ1n) is 4.50. The number of aliphatic hydroxyl groups excluding tert-OH is 1. The Kier molecular flexibility index (Phi) is 3.65. The van der Waals surface area contributed by atoms with Gasteiger partial charge in [-0.25, -0.2) is 4.98 Å². The van der Waals surface area contributed by atoms with Crippen LogP contribution in [-0.4, -0.2) is 16.7 Å². The second kappa shape index (κ2) is 4.77. The number of aliphatic hydroxyl groups is 1. The molecule has 0 aromatic carbocycles. The van der Waals surface area contributed by atoms with E-state index in [-0.39, 0.29) is 6.61 Å². The van der Waals surface area contributed by atoms with Crippen molar-refractivity contribution in [1.29, 1.82) is 0 Å². The van der Waals surface area contributed by atoms with Crippen molar-refractivity contribution >= 4 is 0 Å². The molecule has 1 aromatic rings. The van der Waals surface area contributed by atoms with Crippen LogP contribution < -0.4 is 4.74 Å². The molecule has 0 saturated heterocycles. The van der Waals surface area contributed by atoms with E-state index in [1.165, 1.54) is 0 Å². The molecular formula is C11H15NO2. The van der Waals surface area contributed by atoms with E-state index in [4.69, 9.17) is 9.84 Å². The zero-order valence-corrected chi connectivity index (χ0v) is 8.58. The van der Waals surface area contributed by atoms with Crippen LogP contribution in [0.15, 0.2) is 18.7 Å². The van der Waals surface area contributed by atoms with Crippen molar-refractivity contribution < 1.29 is 9.84 Å². The largest absolute Gasteiger partial charge is 0.473 e. The van der Waals surface area contributed by atoms with E-state index < -0.39 is 0 Å². The van der Waals surface area contributed by atoms with Crippen molar-refractivity contribution in [2.24, 2.45) is 0 Å². The van der Waals surface area contributed by atoms with E-state index in [0.717, 1.165) is 16.8 Å². The molecule has 0 unspecified atom stereocenters. The molecule has 0 saturated carbocycles. The number of pyridine rings is 1. The summed E-state index contributed by atoms with van der Waals surface area (Å²) in [5.74, 6) is 0.505. The Labute approximate surface area is 84.1 Å². The summed E-state index contributed by atoms with van der Waals surface area (Å²) in [6.45, 7) is 7.75. The first kappa shape index (κ1) is 10.7. The van der Waals surface area contributed by atoms with Crippen LogP contribution in [0.5, 0.6) is 5.88 Å². The molecule has 0 spiro atoms. The smallest absolute Gasteiger partial charge is 0.219 e. The van der Waals surface area contributed by atoms with Crippen LogP contribution >= 0.6 is 0 Å². The van der Waals surface area contributed by atoms with E-state index >= 15 is 0 Å². The molecule has 3 heteroatoms. The maximum absolute atomic E-state index is 9.14. The minimum Gasteiger partial charge on any atom is -0.473 e. The summed E-state index contributed by atoms with van der Waals surface area (Å²) in [6.07, 6.45) is 1.65. The highest BCUT2D eigenvalue weighted by molar-refractivity contribution is 5.35. The molecule has 0 fully saturated rings. The van der Waals surface area contributed by atoms with Gasteiger partial charge in [0.05, 0.1) is 6.61 Å². The van der Waals surface area contributed by atoms with Crippen LogP contribution in [-0.2, 0) is 6.61 Å². The number of aromatic nitrogens is 1. The van der Waals surface area contributed by atoms with Gasteiger partial charge >= 0.3 is 0 Å². The SMILES string of the molecule is C=CCOc1nc(C)cc(C)c1CO. The van der Waals surface area contributed by atoms with Gasteiger partial charge in [0, 0.05) is 11.3 Å². The fourth-order valence-corrected chi connectivity index (χ4v) is 1.28. The van der Waals surface area contributed by atoms with E-state index in [1.54, 1.807) is 6.08 Å². The van der Waals surface area contributed by atoms with Gasteiger partial charge in [-0.1, -0.05) is 12.7 Å². The van der Waals surface area contributed by atoms with Crippen molar-refractivity contribution in [1.82, 2.24) is 4.98 Å². The summed E-state index contributed by atoms with van der Waals surface area (Å²) in [5.41, 5.74) is 2.63. The van der Waals surface area contributed by atoms with E-state index in [2.05, 4.69) is 11.6 Å². The molecule has 0 radical (unpaired) electrons. The molecule has 0 atom stereocenters. The lowest BCUT2D eigenvalue weighted by atomic mass is 10.1. The third-order valence-corrected chi connectivity index (χ3v) is 1.93. The van der Waals surface area contributed by atoms with Crippen LogP contribution in [0.25, 0.3) is 0 Å². The standard InChI is InChI=1S/C11H15NO2/c1-4-5-14-11-10(7-13)8(2)6-9(3)12-11/h4,6,13H,1,5,7H2,2-3H3. The second-order valence-corrected chi connectivity index (χ2v) is 3.12. The average Bonchev–Trinajstić information content (AvgIpc) is 2.14. The lowest BCUT2D eigenvalue weighted by molar-refractivity contribution is 0.265. The van der Waals surface area contributed by atoms with Crippen molar-refractivity contribution in [3.8, 4) is 5.88 Å². The van der Waals surface area contributed by atoms with Crippen LogP contribution in [0.2, 0.25) is 0 Å². The number of hydrogen-bond acceptors (Lipinski definition) is 3. The van der Waals surface area contributed by atoms with Gasteiger partial charge < -0.3 is 9.84 Å². The minimum atomic E-state index is -0.0500. The number of nitrogens with zero attached hydrogens (tertiary/aromatic N) is 1. The first-order valence-corrected chi connectivity index (χ1v) is 4.50. The quantitative estimate of drug-likeness (QED) is 0.741. The van der Waals surface area contributed by atoms with E-state index in [1.807, 2.05) is 19.9 Å². The summed E-state index contributed by atoms with van der Waals surface area (Å²) in [4.78, 5) is 4.21. The van der Waals surface area contributed by atoms with Gasteiger partial charge in [0.25, 0.3) is 0 Å². The Morgan fingerprint density at radius 3 is 2.86 bits per heavy atom. The normalized spacial score (nSPS) is 9.93. The van der Waals surface area contributed by atoms with Gasteiger partial charge in [0.2, 0.25) is 5.88 Å². The molecule has 76 valence electrons. The van der Waals surface area contributed by atoms with Crippen LogP contribution in [0.3, 0.4) is 0 Å². The third-order valence-electron chi connectivity index (χ3n) is 1.93. The van der Waals surface area contributed by atoms with Crippen molar-refractivity contribution in [3.05, 3.63) is 35.5 Å². The molecule has 0 aliphatic heterocycles. The zero-order valence-electron chi connectivity index (χ0n) is 8.58. The molecular weight excluding hydrogens is 178 g/mol. The van der Waals surface area contributed by atoms with E-state index in [9.17, 15) is 0 Å². The lowest BCUT2D eigenvalue weighted by Gasteiger charge is -2.10. The molecule has 0 aliphatic carbocycles. The molecule has 1 heterocycles. The third kappa shape index (κ3) is 2.33. The molecule has 3 nitrogen and oxygen atoms in total. The predicted octanol–water partition coefficient (Wildman–Crippen LogP) is 1.76. The Balaban J connectivity index is 3.04. The Morgan fingerprint density at radius 2 is 2.29 bits per heavy atom. The summed E-state index contributed by atoms with van der Waals surface area (Å²) in [7, 11) is 0. The molecule has 1 aromatic heterocycles. The molecule has 0 aliphatic rings. The van der Waals surface area contributed by atoms with Gasteiger partial charge in [-0.15, -0.1) is 0 Å². The van der Waals surface area contributed by atoms with Crippen LogP contribution in [0.4, 0.5) is 0 Å². The summed E-state index contributed by atoms with van der Waals surface area (Å²) in [6, 6.07) is 1.92. The minimum absolute atomic E-state index is 0.0500. The fourth-order valence-electron chi connectivity index (χ4n) is 1.28. The highest BCUT2D eigenvalue weighted by Crippen LogP contribution is 2.20. The summed E-state index contributed by atoms with van der Waals surface area (Å²) >= 11 is 0. The van der Waals surface area contributed by atoms with Crippen LogP contribution in [0.1, 0.15) is 16.8 Å². The topological polar surface area (TPSA) is 42.4 Å². The summed E-state index contributed by atoms with van der Waals surface area (Å²) < 4.78 is 5.35. The molecule has 1 rings (SSSR count). The zero-order chi connectivity index (χ0) is 10.6. The van der Waals surface area contributed by atoms with Gasteiger partial charge in [0.1, 0.15) is 6.61 Å². The summed E-state index contributed by atoms with van der Waals surface area (Å²) in [5, 5.41) is 9.14. The molecule has 0 amide bonds. The van der Waals surface area contributed by atoms with Crippen LogP contribution in [0, 0.1) is 13.8 Å². The Hall–Kier alpha value is -1.35. The molecule has 0 bridgehead atoms. The van der Waals surface area contributed by atoms with E-state index in [0.29, 0.717) is 12.5 Å². The van der Waals surface area contributed by atoms with Crippen molar-refractivity contribution in [3.63, 3.8) is 0 Å². The van der Waals surface area contributed by atoms with Gasteiger partial charge in [-0.05, 0) is 25.5 Å². The highest BCUT2D eigenvalue weighted by atomic mass is 16.5. The van der Waals surface area contributed by atoms with Gasteiger partial charge in [-0.2, -0.15) is 0 Å². The number of hydrogen-bond donors (Lipinski definition) is 1. The second-order valence-electron chi connectivity index (χ2n) is 3.12. The van der Waals surface area contributed by atoms with Crippen molar-refractivity contribution in [2.75, 3.05) is 6.61 Å². The van der Waals surface area contributed by atoms with Gasteiger partial charge in [0.15, 0.2) is 0 Å². The maximum Gasteiger partial charge on any atom is 0.219 e. The number of aryl methyl sites for hydroxylation is 2. The molecule has 1 N–H and O–H groups in total. The Morgan fingerprint density at radius 1 is 1.57 bits per heavy atom. The number of rotatable bonds is 4. The lowest BCUT2D eigenvalue weighted by Crippen LogP contribution is -2.03. The highest BCUT2D eigenvalue weighted by Gasteiger charge is 2.08. The van der Waals surface area contributed by atoms with Gasteiger partial charge in [-0.3, -0.25) is 0 Å².